The molecule has 1 heterocycles. The third-order valence-electron chi connectivity index (χ3n) is 3.67. The number of nitro benzene ring substituents is 1. The zero-order valence-electron chi connectivity index (χ0n) is 11.9. The lowest BCUT2D eigenvalue weighted by molar-refractivity contribution is -0.384. The summed E-state index contributed by atoms with van der Waals surface area (Å²) in [6.45, 7) is 0.385. The summed E-state index contributed by atoms with van der Waals surface area (Å²) in [5.41, 5.74) is -0.249. The molecule has 1 fully saturated rings. The number of carboxylic acids is 1. The van der Waals surface area contributed by atoms with E-state index in [4.69, 9.17) is 0 Å². The summed E-state index contributed by atoms with van der Waals surface area (Å²) < 4.78 is 23.1. The average Bonchev–Trinajstić information content (AvgIpc) is 2.45. The molecule has 0 radical (unpaired) electrons. The molecule has 1 N–H and O–H groups in total. The Bertz CT molecular complexity index is 715. The fourth-order valence-electron chi connectivity index (χ4n) is 2.60. The predicted molar refractivity (Wildman–Crippen MR) is 78.8 cm³/mol. The number of benzene rings is 1. The lowest BCUT2D eigenvalue weighted by Gasteiger charge is -2.34. The van der Waals surface area contributed by atoms with E-state index in [2.05, 4.69) is 0 Å². The highest BCUT2D eigenvalue weighted by molar-refractivity contribution is 7.90. The number of hydrogen-bond donors (Lipinski definition) is 1. The van der Waals surface area contributed by atoms with Crippen molar-refractivity contribution in [1.82, 2.24) is 0 Å². The standard InChI is InChI=1S/C13H16N2O6S/c1-22(20,21)9-5-6-10(12(8-9)15(18)19)14-7-3-2-4-11(14)13(16)17/h5-6,8,11H,2-4,7H2,1H3,(H,16,17)/t11-/m1/s1. The van der Waals surface area contributed by atoms with Crippen molar-refractivity contribution < 1.29 is 23.2 Å². The number of nitrogens with zero attached hydrogens (tertiary/aromatic N) is 2. The van der Waals surface area contributed by atoms with Crippen LogP contribution in [-0.4, -0.2) is 43.3 Å². The Kier molecular flexibility index (Phi) is 4.36. The molecule has 0 bridgehead atoms. The SMILES string of the molecule is CS(=O)(=O)c1ccc(N2CCCC[C@@H]2C(=O)O)c([N+](=O)[O-])c1. The van der Waals surface area contributed by atoms with Crippen molar-refractivity contribution in [3.8, 4) is 0 Å². The van der Waals surface area contributed by atoms with Crippen LogP contribution in [0, 0.1) is 10.1 Å². The first-order chi connectivity index (χ1) is 10.2. The Labute approximate surface area is 127 Å². The molecular weight excluding hydrogens is 312 g/mol. The van der Waals surface area contributed by atoms with E-state index in [0.717, 1.165) is 25.2 Å². The lowest BCUT2D eigenvalue weighted by atomic mass is 10.0. The molecule has 0 saturated carbocycles. The van der Waals surface area contributed by atoms with Crippen LogP contribution in [0.4, 0.5) is 11.4 Å². The van der Waals surface area contributed by atoms with Crippen LogP contribution in [0.5, 0.6) is 0 Å². The minimum Gasteiger partial charge on any atom is -0.480 e. The van der Waals surface area contributed by atoms with Crippen molar-refractivity contribution in [3.05, 3.63) is 28.3 Å². The number of sulfone groups is 1. The summed E-state index contributed by atoms with van der Waals surface area (Å²) in [5.74, 6) is -1.04. The van der Waals surface area contributed by atoms with Crippen LogP contribution in [0.3, 0.4) is 0 Å². The van der Waals surface area contributed by atoms with Gasteiger partial charge in [0.15, 0.2) is 9.84 Å². The molecule has 9 heteroatoms. The minimum atomic E-state index is -3.58. The molecule has 1 atom stereocenters. The first-order valence-electron chi connectivity index (χ1n) is 6.70. The number of carbonyl (C=O) groups is 1. The molecule has 0 amide bonds. The fourth-order valence-corrected chi connectivity index (χ4v) is 3.24. The van der Waals surface area contributed by atoms with Gasteiger partial charge in [-0.2, -0.15) is 0 Å². The lowest BCUT2D eigenvalue weighted by Crippen LogP contribution is -2.45. The van der Waals surface area contributed by atoms with Crippen molar-refractivity contribution in [2.45, 2.75) is 30.2 Å². The molecular formula is C13H16N2O6S. The number of piperidine rings is 1. The Morgan fingerprint density at radius 2 is 2.09 bits per heavy atom. The van der Waals surface area contributed by atoms with E-state index in [1.165, 1.54) is 17.0 Å². The first-order valence-corrected chi connectivity index (χ1v) is 8.59. The van der Waals surface area contributed by atoms with Gasteiger partial charge in [-0.15, -0.1) is 0 Å². The van der Waals surface area contributed by atoms with Crippen LogP contribution in [0.25, 0.3) is 0 Å². The molecule has 0 unspecified atom stereocenters. The van der Waals surface area contributed by atoms with Crippen LogP contribution < -0.4 is 4.90 Å². The molecule has 0 spiro atoms. The van der Waals surface area contributed by atoms with Gasteiger partial charge < -0.3 is 10.0 Å². The quantitative estimate of drug-likeness (QED) is 0.656. The molecule has 22 heavy (non-hydrogen) atoms. The summed E-state index contributed by atoms with van der Waals surface area (Å²) in [7, 11) is -3.58. The van der Waals surface area contributed by atoms with E-state index in [9.17, 15) is 28.4 Å². The van der Waals surface area contributed by atoms with E-state index in [1.807, 2.05) is 0 Å². The second-order valence-corrected chi connectivity index (χ2v) is 7.24. The number of anilines is 1. The number of hydrogen-bond acceptors (Lipinski definition) is 6. The van der Waals surface area contributed by atoms with Crippen molar-refractivity contribution in [1.29, 1.82) is 0 Å². The zero-order chi connectivity index (χ0) is 16.5. The molecule has 1 aromatic rings. The molecule has 2 rings (SSSR count). The van der Waals surface area contributed by atoms with Crippen LogP contribution in [0.1, 0.15) is 19.3 Å². The highest BCUT2D eigenvalue weighted by Gasteiger charge is 2.33. The third kappa shape index (κ3) is 3.19. The summed E-state index contributed by atoms with van der Waals surface area (Å²) in [5, 5.41) is 20.5. The normalized spacial score (nSPS) is 19.0. The molecule has 0 aromatic heterocycles. The van der Waals surface area contributed by atoms with Crippen molar-refractivity contribution in [2.24, 2.45) is 0 Å². The molecule has 1 aromatic carbocycles. The van der Waals surface area contributed by atoms with Crippen LogP contribution in [-0.2, 0) is 14.6 Å². The van der Waals surface area contributed by atoms with Gasteiger partial charge >= 0.3 is 5.97 Å². The Morgan fingerprint density at radius 1 is 1.41 bits per heavy atom. The second-order valence-electron chi connectivity index (χ2n) is 5.22. The molecule has 1 saturated heterocycles. The monoisotopic (exact) mass is 328 g/mol. The molecule has 1 aliphatic rings. The number of rotatable bonds is 4. The predicted octanol–water partition coefficient (Wildman–Crippen LogP) is 1.44. The third-order valence-corrected chi connectivity index (χ3v) is 4.78. The Morgan fingerprint density at radius 3 is 2.64 bits per heavy atom. The van der Waals surface area contributed by atoms with Gasteiger partial charge in [0.25, 0.3) is 5.69 Å². The summed E-state index contributed by atoms with van der Waals surface area (Å²) in [6.07, 6.45) is 2.84. The van der Waals surface area contributed by atoms with Gasteiger partial charge in [0.1, 0.15) is 11.7 Å². The van der Waals surface area contributed by atoms with E-state index >= 15 is 0 Å². The van der Waals surface area contributed by atoms with Gasteiger partial charge in [0, 0.05) is 18.9 Å². The second kappa shape index (κ2) is 5.91. The Balaban J connectivity index is 2.54. The molecule has 120 valence electrons. The van der Waals surface area contributed by atoms with Crippen LogP contribution >= 0.6 is 0 Å². The highest BCUT2D eigenvalue weighted by Crippen LogP contribution is 2.34. The molecule has 1 aliphatic heterocycles. The number of aliphatic carboxylic acids is 1. The summed E-state index contributed by atoms with van der Waals surface area (Å²) in [4.78, 5) is 23.2. The Hall–Kier alpha value is -2.16. The van der Waals surface area contributed by atoms with Crippen molar-refractivity contribution >= 4 is 27.2 Å². The van der Waals surface area contributed by atoms with Gasteiger partial charge in [-0.25, -0.2) is 13.2 Å². The van der Waals surface area contributed by atoms with Crippen LogP contribution in [0.2, 0.25) is 0 Å². The van der Waals surface area contributed by atoms with Gasteiger partial charge in [-0.3, -0.25) is 10.1 Å². The van der Waals surface area contributed by atoms with Crippen molar-refractivity contribution in [2.75, 3.05) is 17.7 Å². The maximum absolute atomic E-state index is 11.5. The van der Waals surface area contributed by atoms with Gasteiger partial charge in [0.05, 0.1) is 9.82 Å². The maximum Gasteiger partial charge on any atom is 0.326 e. The zero-order valence-corrected chi connectivity index (χ0v) is 12.7. The highest BCUT2D eigenvalue weighted by atomic mass is 32.2. The fraction of sp³-hybridized carbons (Fsp3) is 0.462. The van der Waals surface area contributed by atoms with E-state index in [-0.39, 0.29) is 10.6 Å². The van der Waals surface area contributed by atoms with E-state index < -0.39 is 32.5 Å². The first kappa shape index (κ1) is 16.2. The van der Waals surface area contributed by atoms with Crippen LogP contribution in [0.15, 0.2) is 23.1 Å². The average molecular weight is 328 g/mol. The van der Waals surface area contributed by atoms with Gasteiger partial charge in [-0.1, -0.05) is 0 Å². The molecule has 8 nitrogen and oxygen atoms in total. The van der Waals surface area contributed by atoms with E-state index in [1.54, 1.807) is 0 Å². The number of carboxylic acid groups (broad SMARTS) is 1. The van der Waals surface area contributed by atoms with Gasteiger partial charge in [0.2, 0.25) is 0 Å². The largest absolute Gasteiger partial charge is 0.480 e. The smallest absolute Gasteiger partial charge is 0.326 e. The number of nitro groups is 1. The topological polar surface area (TPSA) is 118 Å². The van der Waals surface area contributed by atoms with Gasteiger partial charge in [-0.05, 0) is 31.4 Å². The maximum atomic E-state index is 11.5. The summed E-state index contributed by atoms with van der Waals surface area (Å²) in [6, 6.07) is 2.73. The van der Waals surface area contributed by atoms with E-state index in [0.29, 0.717) is 13.0 Å². The molecule has 0 aliphatic carbocycles. The van der Waals surface area contributed by atoms with Crippen molar-refractivity contribution in [3.63, 3.8) is 0 Å². The summed E-state index contributed by atoms with van der Waals surface area (Å²) >= 11 is 0. The minimum absolute atomic E-state index is 0.143.